The van der Waals surface area contributed by atoms with E-state index in [2.05, 4.69) is 11.9 Å². The number of ketones is 1. The number of carbonyl (C=O) groups excluding carboxylic acids is 1. The zero-order valence-corrected chi connectivity index (χ0v) is 11.5. The Morgan fingerprint density at radius 1 is 1.42 bits per heavy atom. The van der Waals surface area contributed by atoms with Crippen LogP contribution in [0.5, 0.6) is 5.75 Å². The highest BCUT2D eigenvalue weighted by Crippen LogP contribution is 2.20. The van der Waals surface area contributed by atoms with E-state index in [1.165, 1.54) is 0 Å². The maximum atomic E-state index is 11.8. The monoisotopic (exact) mass is 262 g/mol. The van der Waals surface area contributed by atoms with E-state index in [1.54, 1.807) is 0 Å². The first-order valence-corrected chi connectivity index (χ1v) is 6.87. The standard InChI is InChI=1S/C15H22N2O2/c1-17-9-6-13(7-10-17)19-14-4-2-3-12(11-14)15(18)5-8-16/h2-4,11,13H,5-10,16H2,1H3. The molecule has 104 valence electrons. The van der Waals surface area contributed by atoms with Crippen LogP contribution in [0.15, 0.2) is 24.3 Å². The van der Waals surface area contributed by atoms with Crippen molar-refractivity contribution in [1.82, 2.24) is 4.90 Å². The van der Waals surface area contributed by atoms with Gasteiger partial charge in [0, 0.05) is 25.1 Å². The van der Waals surface area contributed by atoms with E-state index in [4.69, 9.17) is 10.5 Å². The summed E-state index contributed by atoms with van der Waals surface area (Å²) < 4.78 is 5.96. The van der Waals surface area contributed by atoms with Crippen molar-refractivity contribution in [2.24, 2.45) is 5.73 Å². The van der Waals surface area contributed by atoms with Gasteiger partial charge in [0.2, 0.25) is 0 Å². The second-order valence-corrected chi connectivity index (χ2v) is 5.11. The Kier molecular flexibility index (Phi) is 4.93. The summed E-state index contributed by atoms with van der Waals surface area (Å²) in [5.74, 6) is 0.869. The first kappa shape index (κ1) is 14.0. The van der Waals surface area contributed by atoms with E-state index in [0.717, 1.165) is 31.7 Å². The predicted octanol–water partition coefficient (Wildman–Crippen LogP) is 1.69. The van der Waals surface area contributed by atoms with Crippen molar-refractivity contribution < 1.29 is 9.53 Å². The Bertz CT molecular complexity index is 426. The maximum absolute atomic E-state index is 11.8. The summed E-state index contributed by atoms with van der Waals surface area (Å²) in [6.07, 6.45) is 2.73. The van der Waals surface area contributed by atoms with Gasteiger partial charge in [0.15, 0.2) is 5.78 Å². The SMILES string of the molecule is CN1CCC(Oc2cccc(C(=O)CCN)c2)CC1. The summed E-state index contributed by atoms with van der Waals surface area (Å²) in [5, 5.41) is 0. The number of likely N-dealkylation sites (tertiary alicyclic amines) is 1. The van der Waals surface area contributed by atoms with Crippen LogP contribution >= 0.6 is 0 Å². The van der Waals surface area contributed by atoms with Crippen molar-refractivity contribution in [2.75, 3.05) is 26.7 Å². The van der Waals surface area contributed by atoms with Crippen LogP contribution in [0.25, 0.3) is 0 Å². The van der Waals surface area contributed by atoms with Gasteiger partial charge in [-0.25, -0.2) is 0 Å². The molecule has 0 aromatic heterocycles. The minimum absolute atomic E-state index is 0.0799. The van der Waals surface area contributed by atoms with Gasteiger partial charge in [-0.2, -0.15) is 0 Å². The molecule has 1 aromatic rings. The van der Waals surface area contributed by atoms with Crippen LogP contribution in [0.2, 0.25) is 0 Å². The second-order valence-electron chi connectivity index (χ2n) is 5.11. The number of piperidine rings is 1. The highest BCUT2D eigenvalue weighted by atomic mass is 16.5. The lowest BCUT2D eigenvalue weighted by atomic mass is 10.1. The summed E-state index contributed by atoms with van der Waals surface area (Å²) in [7, 11) is 2.13. The maximum Gasteiger partial charge on any atom is 0.164 e. The molecule has 0 unspecified atom stereocenters. The van der Waals surface area contributed by atoms with E-state index < -0.39 is 0 Å². The van der Waals surface area contributed by atoms with Gasteiger partial charge in [-0.05, 0) is 38.6 Å². The molecule has 4 heteroatoms. The van der Waals surface area contributed by atoms with Crippen LogP contribution in [0.4, 0.5) is 0 Å². The van der Waals surface area contributed by atoms with Gasteiger partial charge in [-0.3, -0.25) is 4.79 Å². The van der Waals surface area contributed by atoms with Crippen molar-refractivity contribution in [1.29, 1.82) is 0 Å². The number of nitrogens with two attached hydrogens (primary N) is 1. The largest absolute Gasteiger partial charge is 0.490 e. The summed E-state index contributed by atoms with van der Waals surface area (Å²) >= 11 is 0. The first-order chi connectivity index (χ1) is 9.19. The Balaban J connectivity index is 1.97. The third-order valence-electron chi connectivity index (χ3n) is 3.50. The normalized spacial score (nSPS) is 17.4. The highest BCUT2D eigenvalue weighted by Gasteiger charge is 2.18. The van der Waals surface area contributed by atoms with Crippen LogP contribution in [-0.4, -0.2) is 43.5 Å². The van der Waals surface area contributed by atoms with Gasteiger partial charge in [0.05, 0.1) is 0 Å². The van der Waals surface area contributed by atoms with Crippen LogP contribution in [0, 0.1) is 0 Å². The summed E-state index contributed by atoms with van der Waals surface area (Å²) in [5.41, 5.74) is 6.10. The topological polar surface area (TPSA) is 55.6 Å². The number of rotatable bonds is 5. The smallest absolute Gasteiger partial charge is 0.164 e. The number of ether oxygens (including phenoxy) is 1. The Hall–Kier alpha value is -1.39. The number of hydrogen-bond donors (Lipinski definition) is 1. The molecule has 0 spiro atoms. The van der Waals surface area contributed by atoms with Crippen LogP contribution < -0.4 is 10.5 Å². The molecule has 0 amide bonds. The minimum atomic E-state index is 0.0799. The van der Waals surface area contributed by atoms with Crippen molar-refractivity contribution in [3.05, 3.63) is 29.8 Å². The van der Waals surface area contributed by atoms with Gasteiger partial charge < -0.3 is 15.4 Å². The molecule has 2 rings (SSSR count). The molecule has 0 radical (unpaired) electrons. The lowest BCUT2D eigenvalue weighted by Gasteiger charge is -2.29. The third-order valence-corrected chi connectivity index (χ3v) is 3.50. The van der Waals surface area contributed by atoms with Gasteiger partial charge in [-0.15, -0.1) is 0 Å². The third kappa shape index (κ3) is 4.04. The quantitative estimate of drug-likeness (QED) is 0.820. The average molecular weight is 262 g/mol. The summed E-state index contributed by atoms with van der Waals surface area (Å²) in [6.45, 7) is 2.52. The average Bonchev–Trinajstić information content (AvgIpc) is 2.42. The predicted molar refractivity (Wildman–Crippen MR) is 75.6 cm³/mol. The van der Waals surface area contributed by atoms with Crippen molar-refractivity contribution in [2.45, 2.75) is 25.4 Å². The van der Waals surface area contributed by atoms with Crippen LogP contribution in [-0.2, 0) is 0 Å². The van der Waals surface area contributed by atoms with Crippen molar-refractivity contribution in [3.8, 4) is 5.75 Å². The van der Waals surface area contributed by atoms with Crippen LogP contribution in [0.3, 0.4) is 0 Å². The Morgan fingerprint density at radius 2 is 2.16 bits per heavy atom. The molecule has 0 aliphatic carbocycles. The van der Waals surface area contributed by atoms with Crippen molar-refractivity contribution >= 4 is 5.78 Å². The highest BCUT2D eigenvalue weighted by molar-refractivity contribution is 5.96. The fourth-order valence-corrected chi connectivity index (χ4v) is 2.31. The molecule has 0 bridgehead atoms. The molecule has 1 heterocycles. The molecular weight excluding hydrogens is 240 g/mol. The molecule has 1 aliphatic heterocycles. The van der Waals surface area contributed by atoms with Gasteiger partial charge in [0.1, 0.15) is 11.9 Å². The van der Waals surface area contributed by atoms with E-state index in [9.17, 15) is 4.79 Å². The zero-order chi connectivity index (χ0) is 13.7. The van der Waals surface area contributed by atoms with Crippen LogP contribution in [0.1, 0.15) is 29.6 Å². The number of carbonyl (C=O) groups is 1. The second kappa shape index (κ2) is 6.68. The molecule has 1 fully saturated rings. The number of hydrogen-bond acceptors (Lipinski definition) is 4. The molecule has 0 saturated carbocycles. The van der Waals surface area contributed by atoms with Gasteiger partial charge in [0.25, 0.3) is 0 Å². The van der Waals surface area contributed by atoms with E-state index >= 15 is 0 Å². The molecule has 2 N–H and O–H groups in total. The van der Waals surface area contributed by atoms with E-state index in [-0.39, 0.29) is 11.9 Å². The lowest BCUT2D eigenvalue weighted by molar-refractivity contribution is 0.0981. The molecule has 1 saturated heterocycles. The molecule has 19 heavy (non-hydrogen) atoms. The van der Waals surface area contributed by atoms with Gasteiger partial charge >= 0.3 is 0 Å². The summed E-state index contributed by atoms with van der Waals surface area (Å²) in [6, 6.07) is 7.43. The molecule has 1 aliphatic rings. The lowest BCUT2D eigenvalue weighted by Crippen LogP contribution is -2.35. The fraction of sp³-hybridized carbons (Fsp3) is 0.533. The Morgan fingerprint density at radius 3 is 2.84 bits per heavy atom. The molecule has 4 nitrogen and oxygen atoms in total. The fourth-order valence-electron chi connectivity index (χ4n) is 2.31. The number of Topliss-reactive ketones (excluding diaryl/α,β-unsaturated/α-hetero) is 1. The van der Waals surface area contributed by atoms with Crippen molar-refractivity contribution in [3.63, 3.8) is 0 Å². The molecule has 1 aromatic carbocycles. The number of benzene rings is 1. The zero-order valence-electron chi connectivity index (χ0n) is 11.5. The molecule has 0 atom stereocenters. The first-order valence-electron chi connectivity index (χ1n) is 6.87. The van der Waals surface area contributed by atoms with E-state index in [1.807, 2.05) is 24.3 Å². The number of nitrogens with zero attached hydrogens (tertiary/aromatic N) is 1. The summed E-state index contributed by atoms with van der Waals surface area (Å²) in [4.78, 5) is 14.1. The van der Waals surface area contributed by atoms with E-state index in [0.29, 0.717) is 18.5 Å². The minimum Gasteiger partial charge on any atom is -0.490 e. The molecular formula is C15H22N2O2. The van der Waals surface area contributed by atoms with Gasteiger partial charge in [-0.1, -0.05) is 12.1 Å². The Labute approximate surface area is 114 Å².